The summed E-state index contributed by atoms with van der Waals surface area (Å²) in [5.41, 5.74) is 5.92. The summed E-state index contributed by atoms with van der Waals surface area (Å²) in [4.78, 5) is 48.8. The van der Waals surface area contributed by atoms with Crippen LogP contribution in [0.2, 0.25) is 0 Å². The number of carbonyl (C=O) groups is 4. The van der Waals surface area contributed by atoms with Gasteiger partial charge in [0.15, 0.2) is 11.5 Å². The van der Waals surface area contributed by atoms with Gasteiger partial charge in [0.2, 0.25) is 0 Å². The Morgan fingerprint density at radius 1 is 0.762 bits per heavy atom. The number of rotatable bonds is 13. The van der Waals surface area contributed by atoms with Gasteiger partial charge in [-0.2, -0.15) is 0 Å². The lowest BCUT2D eigenvalue weighted by Crippen LogP contribution is -2.36. The van der Waals surface area contributed by atoms with Crippen molar-refractivity contribution in [1.82, 2.24) is 0 Å². The third kappa shape index (κ3) is 16.7. The summed E-state index contributed by atoms with van der Waals surface area (Å²) in [6.07, 6.45) is -2.88. The fourth-order valence-electron chi connectivity index (χ4n) is 2.89. The van der Waals surface area contributed by atoms with E-state index < -0.39 is 36.6 Å². The Kier molecular flexibility index (Phi) is 14.6. The lowest BCUT2D eigenvalue weighted by Gasteiger charge is -2.19. The molecule has 0 saturated heterocycles. The molecule has 0 aliphatic rings. The first-order valence-corrected chi connectivity index (χ1v) is 13.9. The zero-order chi connectivity index (χ0) is 32.1. The summed E-state index contributed by atoms with van der Waals surface area (Å²) in [5.74, 6) is -0.580. The molecule has 12 nitrogen and oxygen atoms in total. The lowest BCUT2D eigenvalue weighted by atomic mass is 9.99. The quantitative estimate of drug-likeness (QED) is 0.165. The SMILES string of the molecule is CC(C)CCOC(=O)O[C@@H](C)COC(=O)[C@@H](N)Cc1ccc(OC(=O)OCC(C)(C)C)c(OC(=O)OCC(C)(C)C)c1. The van der Waals surface area contributed by atoms with Gasteiger partial charge >= 0.3 is 24.4 Å². The normalized spacial score (nSPS) is 13.0. The Labute approximate surface area is 248 Å². The van der Waals surface area contributed by atoms with Crippen molar-refractivity contribution >= 4 is 24.4 Å². The fraction of sp³-hybridized carbons (Fsp3) is 0.667. The van der Waals surface area contributed by atoms with Crippen LogP contribution in [0.15, 0.2) is 18.2 Å². The van der Waals surface area contributed by atoms with Crippen LogP contribution in [0, 0.1) is 16.7 Å². The van der Waals surface area contributed by atoms with Crippen LogP contribution in [-0.4, -0.2) is 63.0 Å². The number of nitrogens with two attached hydrogens (primary N) is 1. The minimum Gasteiger partial charge on any atom is -0.461 e. The Hall–Kier alpha value is -3.54. The van der Waals surface area contributed by atoms with Gasteiger partial charge in [-0.3, -0.25) is 4.79 Å². The molecule has 1 rings (SSSR count). The molecule has 0 aromatic heterocycles. The van der Waals surface area contributed by atoms with Gasteiger partial charge in [0.25, 0.3) is 0 Å². The maximum Gasteiger partial charge on any atom is 0.513 e. The third-order valence-electron chi connectivity index (χ3n) is 5.07. The molecule has 238 valence electrons. The van der Waals surface area contributed by atoms with Crippen molar-refractivity contribution in [2.24, 2.45) is 22.5 Å². The fourth-order valence-corrected chi connectivity index (χ4v) is 2.89. The van der Waals surface area contributed by atoms with Crippen LogP contribution in [0.4, 0.5) is 14.4 Å². The second-order valence-corrected chi connectivity index (χ2v) is 12.8. The highest BCUT2D eigenvalue weighted by molar-refractivity contribution is 5.76. The first kappa shape index (κ1) is 36.5. The summed E-state index contributed by atoms with van der Waals surface area (Å²) < 4.78 is 36.1. The molecule has 0 aliphatic carbocycles. The molecule has 0 unspecified atom stereocenters. The van der Waals surface area contributed by atoms with Gasteiger partial charge in [-0.25, -0.2) is 14.4 Å². The molecule has 0 heterocycles. The van der Waals surface area contributed by atoms with Gasteiger partial charge in [0.05, 0.1) is 19.8 Å². The number of esters is 1. The van der Waals surface area contributed by atoms with E-state index in [4.69, 9.17) is 38.9 Å². The molecule has 2 atom stereocenters. The molecule has 1 aromatic carbocycles. The number of carbonyl (C=O) groups excluding carboxylic acids is 4. The van der Waals surface area contributed by atoms with E-state index in [2.05, 4.69) is 0 Å². The van der Waals surface area contributed by atoms with E-state index in [9.17, 15) is 19.2 Å². The van der Waals surface area contributed by atoms with Crippen molar-refractivity contribution < 1.29 is 52.3 Å². The first-order chi connectivity index (χ1) is 19.3. The molecule has 42 heavy (non-hydrogen) atoms. The highest BCUT2D eigenvalue weighted by Gasteiger charge is 2.23. The molecule has 1 aromatic rings. The third-order valence-corrected chi connectivity index (χ3v) is 5.07. The van der Waals surface area contributed by atoms with E-state index >= 15 is 0 Å². The zero-order valence-electron chi connectivity index (χ0n) is 26.3. The predicted molar refractivity (Wildman–Crippen MR) is 153 cm³/mol. The van der Waals surface area contributed by atoms with E-state index in [1.807, 2.05) is 55.4 Å². The van der Waals surface area contributed by atoms with Crippen molar-refractivity contribution in [3.63, 3.8) is 0 Å². The smallest absolute Gasteiger partial charge is 0.461 e. The standard InChI is InChI=1S/C30H47NO11/c1-19(2)12-13-36-26(33)40-20(3)16-37-25(32)22(31)14-21-10-11-23(41-27(34)38-17-29(4,5)6)24(15-21)42-28(35)39-18-30(7,8)9/h10-11,15,19-20,22H,12-14,16-18,31H2,1-9H3/t20-,22-/m0/s1. The molecular weight excluding hydrogens is 550 g/mol. The predicted octanol–water partition coefficient (Wildman–Crippen LogP) is 5.81. The Balaban J connectivity index is 2.84. The van der Waals surface area contributed by atoms with Crippen LogP contribution in [0.1, 0.15) is 74.3 Å². The second kappa shape index (κ2) is 16.8. The van der Waals surface area contributed by atoms with Crippen LogP contribution in [-0.2, 0) is 34.9 Å². The molecule has 0 spiro atoms. The van der Waals surface area contributed by atoms with Crippen LogP contribution >= 0.6 is 0 Å². The van der Waals surface area contributed by atoms with E-state index in [1.54, 1.807) is 13.0 Å². The van der Waals surface area contributed by atoms with Crippen molar-refractivity contribution in [2.45, 2.75) is 87.3 Å². The van der Waals surface area contributed by atoms with Gasteiger partial charge in [-0.05, 0) is 54.2 Å². The number of ether oxygens (including phenoxy) is 7. The zero-order valence-corrected chi connectivity index (χ0v) is 26.3. The van der Waals surface area contributed by atoms with E-state index in [0.29, 0.717) is 17.9 Å². The molecule has 2 N–H and O–H groups in total. The van der Waals surface area contributed by atoms with Gasteiger partial charge in [-0.1, -0.05) is 61.5 Å². The molecule has 0 aliphatic heterocycles. The Morgan fingerprint density at radius 3 is 1.83 bits per heavy atom. The largest absolute Gasteiger partial charge is 0.513 e. The molecular formula is C30H47NO11. The van der Waals surface area contributed by atoms with E-state index in [-0.39, 0.29) is 55.2 Å². The number of benzene rings is 1. The summed E-state index contributed by atoms with van der Waals surface area (Å²) >= 11 is 0. The summed E-state index contributed by atoms with van der Waals surface area (Å²) in [7, 11) is 0. The van der Waals surface area contributed by atoms with E-state index in [0.717, 1.165) is 0 Å². The molecule has 0 saturated carbocycles. The maximum atomic E-state index is 12.5. The summed E-state index contributed by atoms with van der Waals surface area (Å²) in [6, 6.07) is 3.24. The van der Waals surface area contributed by atoms with Gasteiger partial charge in [0.1, 0.15) is 18.8 Å². The van der Waals surface area contributed by atoms with Crippen LogP contribution in [0.25, 0.3) is 0 Å². The average Bonchev–Trinajstić information content (AvgIpc) is 2.85. The summed E-state index contributed by atoms with van der Waals surface area (Å²) in [5, 5.41) is 0. The van der Waals surface area contributed by atoms with Gasteiger partial charge in [0, 0.05) is 0 Å². The van der Waals surface area contributed by atoms with Gasteiger partial charge < -0.3 is 38.9 Å². The van der Waals surface area contributed by atoms with Crippen LogP contribution in [0.5, 0.6) is 11.5 Å². The number of hydrogen-bond acceptors (Lipinski definition) is 12. The molecule has 12 heteroatoms. The van der Waals surface area contributed by atoms with Crippen molar-refractivity contribution in [2.75, 3.05) is 26.4 Å². The molecule has 0 bridgehead atoms. The van der Waals surface area contributed by atoms with Crippen molar-refractivity contribution in [3.8, 4) is 11.5 Å². The molecule has 0 radical (unpaired) electrons. The molecule has 0 fully saturated rings. The Morgan fingerprint density at radius 2 is 1.31 bits per heavy atom. The summed E-state index contributed by atoms with van der Waals surface area (Å²) in [6.45, 7) is 17.1. The average molecular weight is 598 g/mol. The number of hydrogen-bond donors (Lipinski definition) is 1. The highest BCUT2D eigenvalue weighted by Crippen LogP contribution is 2.30. The Bertz CT molecular complexity index is 1040. The highest BCUT2D eigenvalue weighted by atomic mass is 16.7. The van der Waals surface area contributed by atoms with Crippen molar-refractivity contribution in [1.29, 1.82) is 0 Å². The van der Waals surface area contributed by atoms with Gasteiger partial charge in [-0.15, -0.1) is 0 Å². The van der Waals surface area contributed by atoms with Crippen LogP contribution < -0.4 is 15.2 Å². The first-order valence-electron chi connectivity index (χ1n) is 13.9. The minimum absolute atomic E-state index is 0.00648. The maximum absolute atomic E-state index is 12.5. The van der Waals surface area contributed by atoms with Crippen LogP contribution in [0.3, 0.4) is 0 Å². The minimum atomic E-state index is -1.10. The second-order valence-electron chi connectivity index (χ2n) is 12.8. The lowest BCUT2D eigenvalue weighted by molar-refractivity contribution is -0.148. The molecule has 0 amide bonds. The van der Waals surface area contributed by atoms with E-state index in [1.165, 1.54) is 12.1 Å². The monoisotopic (exact) mass is 597 g/mol. The van der Waals surface area contributed by atoms with Crippen molar-refractivity contribution in [3.05, 3.63) is 23.8 Å². The topological polar surface area (TPSA) is 159 Å².